The van der Waals surface area contributed by atoms with E-state index in [4.69, 9.17) is 32.0 Å². The average Bonchev–Trinajstić information content (AvgIpc) is 3.42. The van der Waals surface area contributed by atoms with Gasteiger partial charge < -0.3 is 30.6 Å². The summed E-state index contributed by atoms with van der Waals surface area (Å²) in [6.07, 6.45) is 4.25. The summed E-state index contributed by atoms with van der Waals surface area (Å²) in [5.41, 5.74) is 3.77. The normalized spacial score (nSPS) is 19.5. The van der Waals surface area contributed by atoms with E-state index < -0.39 is 23.9 Å². The maximum Gasteiger partial charge on any atom is 0.328 e. The zero-order valence-corrected chi connectivity index (χ0v) is 26.8. The van der Waals surface area contributed by atoms with Crippen molar-refractivity contribution < 1.29 is 48.8 Å². The van der Waals surface area contributed by atoms with Gasteiger partial charge in [-0.25, -0.2) is 28.4 Å². The minimum Gasteiger partial charge on any atom is -0.478 e. The topological polar surface area (TPSA) is 188 Å². The summed E-state index contributed by atoms with van der Waals surface area (Å²) in [5.74, 6) is -4.99. The van der Waals surface area contributed by atoms with E-state index in [1.54, 1.807) is 12.1 Å². The number of piperazine rings is 1. The molecule has 48 heavy (non-hydrogen) atoms. The lowest BCUT2D eigenvalue weighted by atomic mass is 9.93. The molecule has 3 aliphatic rings. The Morgan fingerprint density at radius 1 is 0.792 bits per heavy atom. The molecule has 2 amide bonds. The number of hydrogen-bond acceptors (Lipinski definition) is 7. The first-order valence-electron chi connectivity index (χ1n) is 15.2. The number of fused-ring (bicyclic) bond motifs is 1. The Labute approximate surface area is 281 Å². The van der Waals surface area contributed by atoms with Crippen LogP contribution < -0.4 is 5.32 Å². The SMILES string of the molecule is O=C(O)/C=C\C(=O)O.O=C(O)/C=C\C(=O)O.O=C1NCCCN1CCN1CCN(C2CC(c3ccc(F)cc3)c3cc(Cl)ccc32)CC1. The minimum absolute atomic E-state index is 0.0722. The number of aliphatic carboxylic acids is 4. The average molecular weight is 689 g/mol. The standard InChI is InChI=1S/C25H30ClFN4O.2C4H4O4/c26-19-4-7-21-23(16-19)22(18-2-5-20(27)6-3-18)17-24(21)30-13-10-29(11-14-30)12-15-31-9-1-8-28-25(31)32;2*5-3(6)1-2-4(7)8/h2-7,16,22,24H,1,8-15,17H2,(H,28,32);2*1-2H,(H,5,6)(H,7,8)/b;2*2-1-. The lowest BCUT2D eigenvalue weighted by Gasteiger charge is -2.39. The lowest BCUT2D eigenvalue weighted by molar-refractivity contribution is -0.134. The van der Waals surface area contributed by atoms with Gasteiger partial charge in [-0.05, 0) is 53.8 Å². The Hall–Kier alpha value is -4.79. The van der Waals surface area contributed by atoms with E-state index in [0.717, 1.165) is 75.8 Å². The van der Waals surface area contributed by atoms with Gasteiger partial charge >= 0.3 is 29.9 Å². The highest BCUT2D eigenvalue weighted by Gasteiger charge is 2.36. The fraction of sp³-hybridized carbons (Fsp3) is 0.364. The lowest BCUT2D eigenvalue weighted by Crippen LogP contribution is -2.52. The molecule has 2 aromatic rings. The molecule has 5 rings (SSSR count). The molecule has 15 heteroatoms. The van der Waals surface area contributed by atoms with Crippen LogP contribution in [0.15, 0.2) is 66.8 Å². The smallest absolute Gasteiger partial charge is 0.328 e. The second-order valence-electron chi connectivity index (χ2n) is 11.1. The van der Waals surface area contributed by atoms with Crippen LogP contribution in [0, 0.1) is 5.82 Å². The number of urea groups is 1. The molecule has 0 spiro atoms. The van der Waals surface area contributed by atoms with E-state index >= 15 is 0 Å². The number of halogens is 2. The van der Waals surface area contributed by atoms with Crippen LogP contribution in [-0.2, 0) is 19.2 Å². The van der Waals surface area contributed by atoms with Gasteiger partial charge in [0.15, 0.2) is 0 Å². The van der Waals surface area contributed by atoms with E-state index in [-0.39, 0.29) is 17.8 Å². The quantitative estimate of drug-likeness (QED) is 0.243. The van der Waals surface area contributed by atoms with Crippen molar-refractivity contribution in [2.75, 3.05) is 52.4 Å². The van der Waals surface area contributed by atoms with Crippen LogP contribution in [0.1, 0.15) is 41.5 Å². The summed E-state index contributed by atoms with van der Waals surface area (Å²) in [6.45, 7) is 7.41. The molecule has 2 fully saturated rings. The molecule has 2 aromatic carbocycles. The predicted octanol–water partition coefficient (Wildman–Crippen LogP) is 3.51. The number of carboxylic acid groups (broad SMARTS) is 4. The molecule has 2 unspecified atom stereocenters. The van der Waals surface area contributed by atoms with E-state index in [2.05, 4.69) is 27.2 Å². The van der Waals surface area contributed by atoms with Crippen molar-refractivity contribution >= 4 is 41.5 Å². The van der Waals surface area contributed by atoms with Gasteiger partial charge in [0.05, 0.1) is 0 Å². The molecule has 2 saturated heterocycles. The number of benzene rings is 2. The first-order chi connectivity index (χ1) is 22.8. The molecule has 2 aliphatic heterocycles. The fourth-order valence-corrected chi connectivity index (χ4v) is 5.90. The first kappa shape index (κ1) is 37.7. The van der Waals surface area contributed by atoms with E-state index in [9.17, 15) is 28.4 Å². The van der Waals surface area contributed by atoms with E-state index in [0.29, 0.717) is 30.3 Å². The van der Waals surface area contributed by atoms with Crippen LogP contribution in [0.4, 0.5) is 9.18 Å². The Morgan fingerprint density at radius 2 is 1.35 bits per heavy atom. The summed E-state index contributed by atoms with van der Waals surface area (Å²) >= 11 is 6.35. The summed E-state index contributed by atoms with van der Waals surface area (Å²) in [4.78, 5) is 57.2. The van der Waals surface area contributed by atoms with Crippen molar-refractivity contribution in [3.05, 3.63) is 94.3 Å². The van der Waals surface area contributed by atoms with Crippen molar-refractivity contribution in [1.29, 1.82) is 0 Å². The van der Waals surface area contributed by atoms with Gasteiger partial charge in [0.25, 0.3) is 0 Å². The van der Waals surface area contributed by atoms with Gasteiger partial charge in [-0.3, -0.25) is 9.80 Å². The number of hydrogen-bond donors (Lipinski definition) is 5. The largest absolute Gasteiger partial charge is 0.478 e. The van der Waals surface area contributed by atoms with Gasteiger partial charge in [-0.1, -0.05) is 29.8 Å². The molecule has 0 bridgehead atoms. The Bertz CT molecular complexity index is 1440. The first-order valence-corrected chi connectivity index (χ1v) is 15.5. The van der Waals surface area contributed by atoms with Crippen LogP contribution >= 0.6 is 11.6 Å². The monoisotopic (exact) mass is 688 g/mol. The third-order valence-corrected chi connectivity index (χ3v) is 8.19. The summed E-state index contributed by atoms with van der Waals surface area (Å²) in [5, 5.41) is 34.9. The summed E-state index contributed by atoms with van der Waals surface area (Å²) in [6, 6.07) is 13.6. The predicted molar refractivity (Wildman–Crippen MR) is 173 cm³/mol. The zero-order valence-electron chi connectivity index (χ0n) is 26.0. The van der Waals surface area contributed by atoms with Crippen LogP contribution in [0.3, 0.4) is 0 Å². The third-order valence-electron chi connectivity index (χ3n) is 7.95. The molecule has 0 radical (unpaired) electrons. The van der Waals surface area contributed by atoms with Gasteiger partial charge in [-0.2, -0.15) is 0 Å². The second-order valence-corrected chi connectivity index (χ2v) is 11.5. The number of carboxylic acids is 4. The number of carbonyl (C=O) groups is 5. The zero-order chi connectivity index (χ0) is 35.2. The van der Waals surface area contributed by atoms with Crippen LogP contribution in [0.5, 0.6) is 0 Å². The van der Waals surface area contributed by atoms with Crippen molar-refractivity contribution in [2.24, 2.45) is 0 Å². The molecule has 258 valence electrons. The van der Waals surface area contributed by atoms with Crippen LogP contribution in [0.2, 0.25) is 5.02 Å². The van der Waals surface area contributed by atoms with E-state index in [1.807, 2.05) is 23.1 Å². The number of nitrogens with one attached hydrogen (secondary N) is 1. The highest BCUT2D eigenvalue weighted by molar-refractivity contribution is 6.30. The number of rotatable bonds is 9. The van der Waals surface area contributed by atoms with E-state index in [1.165, 1.54) is 11.1 Å². The molecular formula is C33H38ClFN4O9. The molecular weight excluding hydrogens is 651 g/mol. The minimum atomic E-state index is -1.26. The molecule has 0 aromatic heterocycles. The third kappa shape index (κ3) is 12.1. The maximum absolute atomic E-state index is 13.5. The van der Waals surface area contributed by atoms with Gasteiger partial charge in [0.1, 0.15) is 5.82 Å². The van der Waals surface area contributed by atoms with Crippen molar-refractivity contribution in [3.8, 4) is 0 Å². The fourth-order valence-electron chi connectivity index (χ4n) is 5.72. The highest BCUT2D eigenvalue weighted by atomic mass is 35.5. The second kappa shape index (κ2) is 18.5. The maximum atomic E-state index is 13.5. The molecule has 2 heterocycles. The van der Waals surface area contributed by atoms with Crippen molar-refractivity contribution in [3.63, 3.8) is 0 Å². The van der Waals surface area contributed by atoms with Gasteiger partial charge in [0, 0.05) is 93.6 Å². The van der Waals surface area contributed by atoms with Crippen molar-refractivity contribution in [1.82, 2.24) is 20.0 Å². The van der Waals surface area contributed by atoms with Crippen LogP contribution in [0.25, 0.3) is 0 Å². The summed E-state index contributed by atoms with van der Waals surface area (Å²) < 4.78 is 13.5. The van der Waals surface area contributed by atoms with Crippen LogP contribution in [-0.4, -0.2) is 117 Å². The molecule has 0 saturated carbocycles. The molecule has 5 N–H and O–H groups in total. The van der Waals surface area contributed by atoms with Gasteiger partial charge in [-0.15, -0.1) is 0 Å². The highest BCUT2D eigenvalue weighted by Crippen LogP contribution is 2.47. The Kier molecular flexibility index (Phi) is 14.5. The summed E-state index contributed by atoms with van der Waals surface area (Å²) in [7, 11) is 0. The Morgan fingerprint density at radius 3 is 1.88 bits per heavy atom. The Balaban J connectivity index is 0.000000325. The van der Waals surface area contributed by atoms with Crippen molar-refractivity contribution in [2.45, 2.75) is 24.8 Å². The molecule has 1 aliphatic carbocycles. The number of nitrogens with zero attached hydrogens (tertiary/aromatic N) is 3. The van der Waals surface area contributed by atoms with Gasteiger partial charge in [0.2, 0.25) is 0 Å². The number of carbonyl (C=O) groups excluding carboxylic acids is 1. The molecule has 2 atom stereocenters. The number of amides is 2. The molecule has 13 nitrogen and oxygen atoms in total.